The van der Waals surface area contributed by atoms with Crippen molar-refractivity contribution in [3.8, 4) is 0 Å². The number of hydrogen-bond donors (Lipinski definition) is 1. The molecule has 0 radical (unpaired) electrons. The molecule has 1 N–H and O–H groups in total. The van der Waals surface area contributed by atoms with Crippen LogP contribution >= 0.6 is 0 Å². The van der Waals surface area contributed by atoms with Gasteiger partial charge in [-0.1, -0.05) is 6.08 Å². The van der Waals surface area contributed by atoms with Crippen molar-refractivity contribution in [1.82, 2.24) is 0 Å². The summed E-state index contributed by atoms with van der Waals surface area (Å²) in [6.45, 7) is 3.33. The third-order valence-corrected chi connectivity index (χ3v) is 2.26. The minimum absolute atomic E-state index is 0.327. The van der Waals surface area contributed by atoms with E-state index in [0.29, 0.717) is 11.3 Å². The fraction of sp³-hybridized carbons (Fsp3) is 0.250. The number of alkyl halides is 3. The van der Waals surface area contributed by atoms with E-state index >= 15 is 0 Å². The molecule has 0 aliphatic rings. The predicted molar refractivity (Wildman–Crippen MR) is 59.5 cm³/mol. The lowest BCUT2D eigenvalue weighted by atomic mass is 10.2. The molecular formula is C12H12F3NO. The molecule has 17 heavy (non-hydrogen) atoms. The highest BCUT2D eigenvalue weighted by Gasteiger charge is 2.29. The van der Waals surface area contributed by atoms with Crippen LogP contribution in [0.25, 0.3) is 0 Å². The summed E-state index contributed by atoms with van der Waals surface area (Å²) < 4.78 is 36.8. The molecule has 1 aromatic carbocycles. The Balaban J connectivity index is 2.80. The highest BCUT2D eigenvalue weighted by Crippen LogP contribution is 2.29. The maximum Gasteiger partial charge on any atom is 0.416 e. The maximum absolute atomic E-state index is 12.3. The van der Waals surface area contributed by atoms with Crippen LogP contribution in [-0.2, 0) is 11.0 Å². The fourth-order valence-corrected chi connectivity index (χ4v) is 1.10. The molecular weight excluding hydrogens is 231 g/mol. The van der Waals surface area contributed by atoms with E-state index in [-0.39, 0.29) is 5.91 Å². The van der Waals surface area contributed by atoms with Gasteiger partial charge >= 0.3 is 6.18 Å². The van der Waals surface area contributed by atoms with Gasteiger partial charge in [0.2, 0.25) is 0 Å². The Kier molecular flexibility index (Phi) is 3.93. The second-order valence-electron chi connectivity index (χ2n) is 3.50. The van der Waals surface area contributed by atoms with E-state index in [9.17, 15) is 18.0 Å². The van der Waals surface area contributed by atoms with Gasteiger partial charge in [-0.15, -0.1) is 0 Å². The molecule has 0 saturated carbocycles. The van der Waals surface area contributed by atoms with Gasteiger partial charge in [-0.3, -0.25) is 4.79 Å². The number of carbonyl (C=O) groups is 1. The lowest BCUT2D eigenvalue weighted by Gasteiger charge is -2.08. The van der Waals surface area contributed by atoms with Crippen LogP contribution in [0.1, 0.15) is 19.4 Å². The highest BCUT2D eigenvalue weighted by atomic mass is 19.4. The molecule has 1 amide bonds. The number of nitrogens with one attached hydrogen (secondary N) is 1. The van der Waals surface area contributed by atoms with Crippen molar-refractivity contribution < 1.29 is 18.0 Å². The normalized spacial score (nSPS) is 12.4. The number of hydrogen-bond acceptors (Lipinski definition) is 1. The van der Waals surface area contributed by atoms with Gasteiger partial charge in [-0.05, 0) is 38.1 Å². The summed E-state index contributed by atoms with van der Waals surface area (Å²) in [4.78, 5) is 11.4. The Morgan fingerprint density at radius 2 is 1.76 bits per heavy atom. The Hall–Kier alpha value is -1.78. The quantitative estimate of drug-likeness (QED) is 0.790. The van der Waals surface area contributed by atoms with Crippen LogP contribution in [0.2, 0.25) is 0 Å². The molecule has 5 heteroatoms. The largest absolute Gasteiger partial charge is 0.416 e. The van der Waals surface area contributed by atoms with Crippen LogP contribution in [0.3, 0.4) is 0 Å². The minimum atomic E-state index is -4.36. The number of anilines is 1. The molecule has 0 heterocycles. The molecule has 2 nitrogen and oxygen atoms in total. The van der Waals surface area contributed by atoms with E-state index < -0.39 is 11.7 Å². The molecule has 0 aliphatic carbocycles. The number of benzene rings is 1. The van der Waals surface area contributed by atoms with E-state index in [4.69, 9.17) is 0 Å². The first-order chi connectivity index (χ1) is 7.84. The zero-order chi connectivity index (χ0) is 13.1. The SMILES string of the molecule is CC=C(C)C(=O)Nc1ccc(C(F)(F)F)cc1. The van der Waals surface area contributed by atoms with Gasteiger partial charge in [-0.2, -0.15) is 13.2 Å². The molecule has 1 rings (SSSR count). The topological polar surface area (TPSA) is 29.1 Å². The second-order valence-corrected chi connectivity index (χ2v) is 3.50. The number of amides is 1. The molecule has 0 aliphatic heterocycles. The van der Waals surface area contributed by atoms with Gasteiger partial charge in [0.15, 0.2) is 0 Å². The average Bonchev–Trinajstić information content (AvgIpc) is 2.27. The molecule has 92 valence electrons. The van der Waals surface area contributed by atoms with Crippen LogP contribution < -0.4 is 5.32 Å². The van der Waals surface area contributed by atoms with E-state index in [0.717, 1.165) is 12.1 Å². The monoisotopic (exact) mass is 243 g/mol. The van der Waals surface area contributed by atoms with Crippen molar-refractivity contribution in [3.05, 3.63) is 41.5 Å². The zero-order valence-electron chi connectivity index (χ0n) is 9.43. The predicted octanol–water partition coefficient (Wildman–Crippen LogP) is 3.61. The van der Waals surface area contributed by atoms with Crippen molar-refractivity contribution in [2.24, 2.45) is 0 Å². The van der Waals surface area contributed by atoms with Gasteiger partial charge < -0.3 is 5.32 Å². The molecule has 0 fully saturated rings. The third-order valence-electron chi connectivity index (χ3n) is 2.26. The second kappa shape index (κ2) is 5.03. The summed E-state index contributed by atoms with van der Waals surface area (Å²) in [5.41, 5.74) is 0.104. The number of allylic oxidation sites excluding steroid dienone is 1. The first-order valence-electron chi connectivity index (χ1n) is 4.96. The van der Waals surface area contributed by atoms with Gasteiger partial charge in [0.1, 0.15) is 0 Å². The summed E-state index contributed by atoms with van der Waals surface area (Å²) in [5.74, 6) is -0.327. The van der Waals surface area contributed by atoms with E-state index in [1.807, 2.05) is 0 Å². The van der Waals surface area contributed by atoms with Crippen molar-refractivity contribution in [1.29, 1.82) is 0 Å². The van der Waals surface area contributed by atoms with E-state index in [1.54, 1.807) is 19.9 Å². The average molecular weight is 243 g/mol. The molecule has 0 spiro atoms. The van der Waals surface area contributed by atoms with E-state index in [1.165, 1.54) is 12.1 Å². The molecule has 1 aromatic rings. The molecule has 0 aromatic heterocycles. The smallest absolute Gasteiger partial charge is 0.322 e. The maximum atomic E-state index is 12.3. The Labute approximate surface area is 97.1 Å². The standard InChI is InChI=1S/C12H12F3NO/c1-3-8(2)11(17)16-10-6-4-9(5-7-10)12(13,14)15/h3-7H,1-2H3,(H,16,17). The van der Waals surface area contributed by atoms with Crippen LogP contribution in [-0.4, -0.2) is 5.91 Å². The van der Waals surface area contributed by atoms with Crippen molar-refractivity contribution in [2.45, 2.75) is 20.0 Å². The van der Waals surface area contributed by atoms with Crippen molar-refractivity contribution >= 4 is 11.6 Å². The Morgan fingerprint density at radius 3 is 2.18 bits per heavy atom. The highest BCUT2D eigenvalue weighted by molar-refractivity contribution is 6.03. The summed E-state index contributed by atoms with van der Waals surface area (Å²) in [5, 5.41) is 2.50. The third kappa shape index (κ3) is 3.62. The summed E-state index contributed by atoms with van der Waals surface area (Å²) in [6.07, 6.45) is -2.73. The van der Waals surface area contributed by atoms with Crippen LogP contribution in [0.5, 0.6) is 0 Å². The van der Waals surface area contributed by atoms with Gasteiger partial charge in [0, 0.05) is 11.3 Å². The molecule has 0 saturated heterocycles. The fourth-order valence-electron chi connectivity index (χ4n) is 1.10. The van der Waals surface area contributed by atoms with Crippen LogP contribution in [0.15, 0.2) is 35.9 Å². The molecule has 0 unspecified atom stereocenters. The Morgan fingerprint density at radius 1 is 1.24 bits per heavy atom. The minimum Gasteiger partial charge on any atom is -0.322 e. The van der Waals surface area contributed by atoms with Crippen LogP contribution in [0.4, 0.5) is 18.9 Å². The number of halogens is 3. The van der Waals surface area contributed by atoms with Gasteiger partial charge in [-0.25, -0.2) is 0 Å². The summed E-state index contributed by atoms with van der Waals surface area (Å²) >= 11 is 0. The van der Waals surface area contributed by atoms with Crippen molar-refractivity contribution in [2.75, 3.05) is 5.32 Å². The first kappa shape index (κ1) is 13.3. The van der Waals surface area contributed by atoms with Crippen LogP contribution in [0, 0.1) is 0 Å². The molecule has 0 bridgehead atoms. The summed E-state index contributed by atoms with van der Waals surface area (Å²) in [6, 6.07) is 4.31. The lowest BCUT2D eigenvalue weighted by Crippen LogP contribution is -2.12. The van der Waals surface area contributed by atoms with E-state index in [2.05, 4.69) is 5.32 Å². The summed E-state index contributed by atoms with van der Waals surface area (Å²) in [7, 11) is 0. The number of carbonyl (C=O) groups excluding carboxylic acids is 1. The van der Waals surface area contributed by atoms with Gasteiger partial charge in [0.05, 0.1) is 5.56 Å². The molecule has 0 atom stereocenters. The number of rotatable bonds is 2. The Bertz CT molecular complexity index is 432. The van der Waals surface area contributed by atoms with Crippen molar-refractivity contribution in [3.63, 3.8) is 0 Å². The zero-order valence-corrected chi connectivity index (χ0v) is 9.43. The lowest BCUT2D eigenvalue weighted by molar-refractivity contribution is -0.137. The van der Waals surface area contributed by atoms with Gasteiger partial charge in [0.25, 0.3) is 5.91 Å². The first-order valence-corrected chi connectivity index (χ1v) is 4.96.